The largest absolute Gasteiger partial charge is 0.243 e. The van der Waals surface area contributed by atoms with Gasteiger partial charge in [0.25, 0.3) is 0 Å². The van der Waals surface area contributed by atoms with Gasteiger partial charge in [-0.05, 0) is 42.0 Å². The van der Waals surface area contributed by atoms with E-state index in [1.54, 1.807) is 19.1 Å². The van der Waals surface area contributed by atoms with Crippen molar-refractivity contribution in [2.75, 3.05) is 6.54 Å². The quantitative estimate of drug-likeness (QED) is 0.840. The maximum absolute atomic E-state index is 13.2. The molecule has 0 N–H and O–H groups in total. The van der Waals surface area contributed by atoms with Crippen molar-refractivity contribution in [1.29, 1.82) is 0 Å². The standard InChI is InChI=1S/C15H15ClFNO2S/c1-2-18(11-12-4-3-5-14(17)10-12)21(19,20)15-8-6-13(16)7-9-15/h3-10H,2,11H2,1H3. The molecule has 0 heterocycles. The van der Waals surface area contributed by atoms with Crippen LogP contribution in [0.5, 0.6) is 0 Å². The van der Waals surface area contributed by atoms with Crippen LogP contribution in [0.25, 0.3) is 0 Å². The van der Waals surface area contributed by atoms with Crippen LogP contribution in [0, 0.1) is 5.82 Å². The van der Waals surface area contributed by atoms with Crippen LogP contribution in [0.15, 0.2) is 53.4 Å². The Kier molecular flexibility index (Phi) is 4.98. The molecule has 0 amide bonds. The highest BCUT2D eigenvalue weighted by molar-refractivity contribution is 7.89. The summed E-state index contributed by atoms with van der Waals surface area (Å²) in [5.74, 6) is -0.382. The van der Waals surface area contributed by atoms with Gasteiger partial charge in [0.05, 0.1) is 4.90 Å². The molecule has 2 aromatic rings. The molecule has 2 aromatic carbocycles. The summed E-state index contributed by atoms with van der Waals surface area (Å²) in [6, 6.07) is 11.9. The second-order valence-corrected chi connectivity index (χ2v) is 6.89. The molecular weight excluding hydrogens is 313 g/mol. The van der Waals surface area contributed by atoms with Crippen molar-refractivity contribution in [3.05, 3.63) is 64.9 Å². The van der Waals surface area contributed by atoms with Gasteiger partial charge >= 0.3 is 0 Å². The molecule has 0 radical (unpaired) electrons. The van der Waals surface area contributed by atoms with Crippen LogP contribution < -0.4 is 0 Å². The molecular formula is C15H15ClFNO2S. The highest BCUT2D eigenvalue weighted by Crippen LogP contribution is 2.20. The van der Waals surface area contributed by atoms with Crippen molar-refractivity contribution >= 4 is 21.6 Å². The van der Waals surface area contributed by atoms with E-state index in [1.165, 1.54) is 40.7 Å². The summed E-state index contributed by atoms with van der Waals surface area (Å²) in [7, 11) is -3.63. The molecule has 0 atom stereocenters. The van der Waals surface area contributed by atoms with Gasteiger partial charge in [-0.3, -0.25) is 0 Å². The van der Waals surface area contributed by atoms with Crippen molar-refractivity contribution < 1.29 is 12.8 Å². The molecule has 0 aliphatic carbocycles. The number of halogens is 2. The molecule has 0 saturated carbocycles. The van der Waals surface area contributed by atoms with Crippen molar-refractivity contribution in [3.8, 4) is 0 Å². The zero-order chi connectivity index (χ0) is 15.5. The molecule has 21 heavy (non-hydrogen) atoms. The minimum absolute atomic E-state index is 0.124. The molecule has 0 bridgehead atoms. The van der Waals surface area contributed by atoms with Gasteiger partial charge in [-0.15, -0.1) is 0 Å². The molecule has 0 aliphatic rings. The fourth-order valence-corrected chi connectivity index (χ4v) is 3.52. The number of sulfonamides is 1. The molecule has 3 nitrogen and oxygen atoms in total. The Bertz CT molecular complexity index is 717. The molecule has 0 unspecified atom stereocenters. The Labute approximate surface area is 129 Å². The predicted octanol–water partition coefficient (Wildman–Crippen LogP) is 3.69. The number of rotatable bonds is 5. The van der Waals surface area contributed by atoms with Crippen LogP contribution in [-0.2, 0) is 16.6 Å². The van der Waals surface area contributed by atoms with Crippen LogP contribution in [-0.4, -0.2) is 19.3 Å². The normalized spacial score (nSPS) is 11.8. The average molecular weight is 328 g/mol. The van der Waals surface area contributed by atoms with E-state index in [0.29, 0.717) is 17.1 Å². The second kappa shape index (κ2) is 6.56. The maximum Gasteiger partial charge on any atom is 0.243 e. The number of benzene rings is 2. The molecule has 0 aliphatic heterocycles. The van der Waals surface area contributed by atoms with Crippen molar-refractivity contribution in [2.24, 2.45) is 0 Å². The monoisotopic (exact) mass is 327 g/mol. The number of hydrogen-bond acceptors (Lipinski definition) is 2. The van der Waals surface area contributed by atoms with E-state index in [-0.39, 0.29) is 17.3 Å². The smallest absolute Gasteiger partial charge is 0.207 e. The molecule has 0 aromatic heterocycles. The van der Waals surface area contributed by atoms with Crippen LogP contribution in [0.2, 0.25) is 5.02 Å². The Morgan fingerprint density at radius 2 is 1.81 bits per heavy atom. The lowest BCUT2D eigenvalue weighted by atomic mass is 10.2. The predicted molar refractivity (Wildman–Crippen MR) is 81.1 cm³/mol. The van der Waals surface area contributed by atoms with Crippen LogP contribution in [0.1, 0.15) is 12.5 Å². The third-order valence-electron chi connectivity index (χ3n) is 3.05. The van der Waals surface area contributed by atoms with Gasteiger partial charge in [0.2, 0.25) is 10.0 Å². The molecule has 2 rings (SSSR count). The number of nitrogens with zero attached hydrogens (tertiary/aromatic N) is 1. The third-order valence-corrected chi connectivity index (χ3v) is 5.24. The van der Waals surface area contributed by atoms with Gasteiger partial charge in [0, 0.05) is 18.1 Å². The summed E-state index contributed by atoms with van der Waals surface area (Å²) in [6.07, 6.45) is 0. The van der Waals surface area contributed by atoms with Gasteiger partial charge in [-0.1, -0.05) is 30.7 Å². The average Bonchev–Trinajstić information content (AvgIpc) is 2.45. The Morgan fingerprint density at radius 3 is 2.38 bits per heavy atom. The highest BCUT2D eigenvalue weighted by Gasteiger charge is 2.23. The first kappa shape index (κ1) is 15.9. The molecule has 0 fully saturated rings. The van der Waals surface area contributed by atoms with E-state index in [9.17, 15) is 12.8 Å². The van der Waals surface area contributed by atoms with Crippen LogP contribution >= 0.6 is 11.6 Å². The van der Waals surface area contributed by atoms with Gasteiger partial charge < -0.3 is 0 Å². The summed E-state index contributed by atoms with van der Waals surface area (Å²) in [5, 5.41) is 0.474. The van der Waals surface area contributed by atoms with Crippen LogP contribution in [0.3, 0.4) is 0 Å². The Hall–Kier alpha value is -1.43. The fraction of sp³-hybridized carbons (Fsp3) is 0.200. The van der Waals surface area contributed by atoms with Gasteiger partial charge in [0.15, 0.2) is 0 Å². The summed E-state index contributed by atoms with van der Waals surface area (Å²) in [4.78, 5) is 0.171. The molecule has 112 valence electrons. The zero-order valence-corrected chi connectivity index (χ0v) is 13.0. The summed E-state index contributed by atoms with van der Waals surface area (Å²) >= 11 is 5.77. The van der Waals surface area contributed by atoms with E-state index < -0.39 is 10.0 Å². The molecule has 0 saturated heterocycles. The lowest BCUT2D eigenvalue weighted by molar-refractivity contribution is 0.422. The van der Waals surface area contributed by atoms with E-state index in [2.05, 4.69) is 0 Å². The summed E-state index contributed by atoms with van der Waals surface area (Å²) in [6.45, 7) is 2.16. The lowest BCUT2D eigenvalue weighted by Gasteiger charge is -2.20. The SMILES string of the molecule is CCN(Cc1cccc(F)c1)S(=O)(=O)c1ccc(Cl)cc1. The molecule has 6 heteroatoms. The zero-order valence-electron chi connectivity index (χ0n) is 11.5. The highest BCUT2D eigenvalue weighted by atomic mass is 35.5. The van der Waals surface area contributed by atoms with E-state index in [1.807, 2.05) is 0 Å². The maximum atomic E-state index is 13.2. The lowest BCUT2D eigenvalue weighted by Crippen LogP contribution is -2.30. The van der Waals surface area contributed by atoms with E-state index in [4.69, 9.17) is 11.6 Å². The van der Waals surface area contributed by atoms with Crippen molar-refractivity contribution in [1.82, 2.24) is 4.31 Å². The third kappa shape index (κ3) is 3.81. The minimum atomic E-state index is -3.63. The first-order valence-electron chi connectivity index (χ1n) is 6.43. The summed E-state index contributed by atoms with van der Waals surface area (Å²) < 4.78 is 39.6. The molecule has 0 spiro atoms. The Balaban J connectivity index is 2.29. The first-order valence-corrected chi connectivity index (χ1v) is 8.25. The minimum Gasteiger partial charge on any atom is -0.207 e. The van der Waals surface area contributed by atoms with Gasteiger partial charge in [-0.2, -0.15) is 4.31 Å². The van der Waals surface area contributed by atoms with Gasteiger partial charge in [-0.25, -0.2) is 12.8 Å². The van der Waals surface area contributed by atoms with Crippen molar-refractivity contribution in [2.45, 2.75) is 18.4 Å². The topological polar surface area (TPSA) is 37.4 Å². The summed E-state index contributed by atoms with van der Waals surface area (Å²) in [5.41, 5.74) is 0.606. The van der Waals surface area contributed by atoms with Gasteiger partial charge in [0.1, 0.15) is 5.82 Å². The van der Waals surface area contributed by atoms with Crippen molar-refractivity contribution in [3.63, 3.8) is 0 Å². The second-order valence-electron chi connectivity index (χ2n) is 4.52. The Morgan fingerprint density at radius 1 is 1.14 bits per heavy atom. The van der Waals surface area contributed by atoms with Crippen LogP contribution in [0.4, 0.5) is 4.39 Å². The number of hydrogen-bond donors (Lipinski definition) is 0. The fourth-order valence-electron chi connectivity index (χ4n) is 1.96. The first-order chi connectivity index (χ1) is 9.93. The van der Waals surface area contributed by atoms with E-state index >= 15 is 0 Å². The van der Waals surface area contributed by atoms with E-state index in [0.717, 1.165) is 0 Å².